The number of furan rings is 1. The Kier molecular flexibility index (Phi) is 2.93. The SMILES string of the molecule is Cc1cc(C(N)c2ccnn2-c2ccccc2)co1. The summed E-state index contributed by atoms with van der Waals surface area (Å²) in [4.78, 5) is 0. The van der Waals surface area contributed by atoms with Gasteiger partial charge in [-0.2, -0.15) is 5.10 Å². The van der Waals surface area contributed by atoms with E-state index in [1.807, 2.05) is 54.1 Å². The molecule has 2 heterocycles. The van der Waals surface area contributed by atoms with Gasteiger partial charge in [0.1, 0.15) is 5.76 Å². The van der Waals surface area contributed by atoms with E-state index in [0.29, 0.717) is 0 Å². The predicted octanol–water partition coefficient (Wildman–Crippen LogP) is 2.82. The van der Waals surface area contributed by atoms with E-state index in [-0.39, 0.29) is 6.04 Å². The second-order valence-corrected chi connectivity index (χ2v) is 4.47. The van der Waals surface area contributed by atoms with Gasteiger partial charge in [-0.3, -0.25) is 0 Å². The first-order valence-electron chi connectivity index (χ1n) is 6.15. The molecule has 4 nitrogen and oxygen atoms in total. The van der Waals surface area contributed by atoms with E-state index in [1.54, 1.807) is 12.5 Å². The maximum absolute atomic E-state index is 6.29. The molecule has 1 atom stereocenters. The van der Waals surface area contributed by atoms with Crippen LogP contribution in [0.3, 0.4) is 0 Å². The monoisotopic (exact) mass is 253 g/mol. The molecule has 0 amide bonds. The summed E-state index contributed by atoms with van der Waals surface area (Å²) < 4.78 is 7.17. The van der Waals surface area contributed by atoms with Gasteiger partial charge in [0.05, 0.1) is 23.7 Å². The lowest BCUT2D eigenvalue weighted by Crippen LogP contribution is -2.16. The zero-order valence-electron chi connectivity index (χ0n) is 10.7. The van der Waals surface area contributed by atoms with Crippen LogP contribution < -0.4 is 5.73 Å². The van der Waals surface area contributed by atoms with Crippen molar-refractivity contribution in [2.45, 2.75) is 13.0 Å². The van der Waals surface area contributed by atoms with Gasteiger partial charge in [0, 0.05) is 11.8 Å². The van der Waals surface area contributed by atoms with Crippen LogP contribution in [0.15, 0.2) is 59.3 Å². The molecule has 0 aliphatic rings. The highest BCUT2D eigenvalue weighted by Crippen LogP contribution is 2.23. The fraction of sp³-hybridized carbons (Fsp3) is 0.133. The van der Waals surface area contributed by atoms with Gasteiger partial charge in [0.25, 0.3) is 0 Å². The lowest BCUT2D eigenvalue weighted by molar-refractivity contribution is 0.530. The van der Waals surface area contributed by atoms with Gasteiger partial charge >= 0.3 is 0 Å². The van der Waals surface area contributed by atoms with Gasteiger partial charge in [-0.1, -0.05) is 18.2 Å². The molecule has 0 bridgehead atoms. The molecule has 0 saturated carbocycles. The summed E-state index contributed by atoms with van der Waals surface area (Å²) in [5.41, 5.74) is 9.18. The third kappa shape index (κ3) is 2.18. The summed E-state index contributed by atoms with van der Waals surface area (Å²) in [5, 5.41) is 4.35. The van der Waals surface area contributed by atoms with Crippen LogP contribution >= 0.6 is 0 Å². The van der Waals surface area contributed by atoms with E-state index in [4.69, 9.17) is 10.2 Å². The third-order valence-corrected chi connectivity index (χ3v) is 3.10. The van der Waals surface area contributed by atoms with Gasteiger partial charge < -0.3 is 10.2 Å². The highest BCUT2D eigenvalue weighted by molar-refractivity contribution is 5.35. The summed E-state index contributed by atoms with van der Waals surface area (Å²) in [5.74, 6) is 0.858. The van der Waals surface area contributed by atoms with Gasteiger partial charge in [0.2, 0.25) is 0 Å². The van der Waals surface area contributed by atoms with Crippen LogP contribution in [0.2, 0.25) is 0 Å². The van der Waals surface area contributed by atoms with Crippen molar-refractivity contribution in [2.24, 2.45) is 5.73 Å². The summed E-state index contributed by atoms with van der Waals surface area (Å²) in [6.07, 6.45) is 3.46. The molecule has 1 unspecified atom stereocenters. The lowest BCUT2D eigenvalue weighted by Gasteiger charge is -2.12. The zero-order chi connectivity index (χ0) is 13.2. The Balaban J connectivity index is 2.01. The van der Waals surface area contributed by atoms with Crippen molar-refractivity contribution in [3.8, 4) is 5.69 Å². The molecule has 96 valence electrons. The van der Waals surface area contributed by atoms with E-state index in [1.165, 1.54) is 0 Å². The Labute approximate surface area is 111 Å². The minimum Gasteiger partial charge on any atom is -0.469 e. The van der Waals surface area contributed by atoms with Gasteiger partial charge in [-0.05, 0) is 31.2 Å². The van der Waals surface area contributed by atoms with E-state index in [0.717, 1.165) is 22.7 Å². The summed E-state index contributed by atoms with van der Waals surface area (Å²) in [6, 6.07) is 13.6. The van der Waals surface area contributed by atoms with Crippen LogP contribution in [0.5, 0.6) is 0 Å². The summed E-state index contributed by atoms with van der Waals surface area (Å²) in [7, 11) is 0. The Morgan fingerprint density at radius 3 is 2.68 bits per heavy atom. The van der Waals surface area contributed by atoms with Crippen molar-refractivity contribution in [3.63, 3.8) is 0 Å². The first kappa shape index (κ1) is 11.7. The number of rotatable bonds is 3. The molecule has 2 N–H and O–H groups in total. The van der Waals surface area contributed by atoms with Crippen LogP contribution in [0.4, 0.5) is 0 Å². The number of aromatic nitrogens is 2. The molecule has 3 rings (SSSR count). The molecular weight excluding hydrogens is 238 g/mol. The molecule has 0 radical (unpaired) electrons. The third-order valence-electron chi connectivity index (χ3n) is 3.10. The molecule has 0 spiro atoms. The van der Waals surface area contributed by atoms with Crippen LogP contribution in [0, 0.1) is 6.92 Å². The fourth-order valence-corrected chi connectivity index (χ4v) is 2.13. The average molecular weight is 253 g/mol. The number of hydrogen-bond donors (Lipinski definition) is 1. The Bertz CT molecular complexity index is 670. The highest BCUT2D eigenvalue weighted by atomic mass is 16.3. The van der Waals surface area contributed by atoms with Crippen LogP contribution in [0.25, 0.3) is 5.69 Å². The van der Waals surface area contributed by atoms with Gasteiger partial charge in [-0.15, -0.1) is 0 Å². The molecular formula is C15H15N3O. The van der Waals surface area contributed by atoms with E-state index < -0.39 is 0 Å². The highest BCUT2D eigenvalue weighted by Gasteiger charge is 2.16. The van der Waals surface area contributed by atoms with Gasteiger partial charge in [-0.25, -0.2) is 4.68 Å². The second kappa shape index (κ2) is 4.74. The smallest absolute Gasteiger partial charge is 0.101 e. The predicted molar refractivity (Wildman–Crippen MR) is 73.0 cm³/mol. The first-order valence-corrected chi connectivity index (χ1v) is 6.15. The maximum Gasteiger partial charge on any atom is 0.101 e. The van der Waals surface area contributed by atoms with E-state index in [9.17, 15) is 0 Å². The standard InChI is InChI=1S/C15H15N3O/c1-11-9-12(10-19-11)15(16)14-7-8-17-18(14)13-5-3-2-4-6-13/h2-10,15H,16H2,1H3. The number of aryl methyl sites for hydroxylation is 1. The largest absolute Gasteiger partial charge is 0.469 e. The normalized spacial score (nSPS) is 12.5. The molecule has 3 aromatic rings. The maximum atomic E-state index is 6.29. The molecule has 0 saturated heterocycles. The molecule has 0 fully saturated rings. The number of nitrogens with zero attached hydrogens (tertiary/aromatic N) is 2. The molecule has 0 aliphatic heterocycles. The first-order chi connectivity index (χ1) is 9.25. The number of nitrogens with two attached hydrogens (primary N) is 1. The van der Waals surface area contributed by atoms with Crippen LogP contribution in [-0.4, -0.2) is 9.78 Å². The minimum absolute atomic E-state index is 0.250. The fourth-order valence-electron chi connectivity index (χ4n) is 2.13. The molecule has 4 heteroatoms. The molecule has 2 aromatic heterocycles. The molecule has 1 aromatic carbocycles. The Hall–Kier alpha value is -2.33. The van der Waals surface area contributed by atoms with Crippen molar-refractivity contribution in [3.05, 3.63) is 71.9 Å². The minimum atomic E-state index is -0.250. The Morgan fingerprint density at radius 1 is 1.21 bits per heavy atom. The summed E-state index contributed by atoms with van der Waals surface area (Å²) in [6.45, 7) is 1.91. The topological polar surface area (TPSA) is 57.0 Å². The van der Waals surface area contributed by atoms with Crippen LogP contribution in [0.1, 0.15) is 23.1 Å². The number of hydrogen-bond acceptors (Lipinski definition) is 3. The van der Waals surface area contributed by atoms with Crippen molar-refractivity contribution < 1.29 is 4.42 Å². The molecule has 0 aliphatic carbocycles. The molecule has 19 heavy (non-hydrogen) atoms. The van der Waals surface area contributed by atoms with Gasteiger partial charge in [0.15, 0.2) is 0 Å². The van der Waals surface area contributed by atoms with Crippen LogP contribution in [-0.2, 0) is 0 Å². The second-order valence-electron chi connectivity index (χ2n) is 4.47. The number of benzene rings is 1. The number of para-hydroxylation sites is 1. The zero-order valence-corrected chi connectivity index (χ0v) is 10.7. The van der Waals surface area contributed by atoms with E-state index >= 15 is 0 Å². The van der Waals surface area contributed by atoms with Crippen molar-refractivity contribution in [1.82, 2.24) is 9.78 Å². The van der Waals surface area contributed by atoms with Crippen molar-refractivity contribution >= 4 is 0 Å². The van der Waals surface area contributed by atoms with Crippen molar-refractivity contribution in [1.29, 1.82) is 0 Å². The average Bonchev–Trinajstić information content (AvgIpc) is 3.07. The van der Waals surface area contributed by atoms with E-state index in [2.05, 4.69) is 5.10 Å². The van der Waals surface area contributed by atoms with Crippen molar-refractivity contribution in [2.75, 3.05) is 0 Å². The lowest BCUT2D eigenvalue weighted by atomic mass is 10.1. The summed E-state index contributed by atoms with van der Waals surface area (Å²) >= 11 is 0. The quantitative estimate of drug-likeness (QED) is 0.780. The Morgan fingerprint density at radius 2 is 2.00 bits per heavy atom.